The first-order chi connectivity index (χ1) is 8.56. The number of rotatable bonds is 2. The van der Waals surface area contributed by atoms with Gasteiger partial charge in [0.2, 0.25) is 0 Å². The molecule has 0 atom stereocenters. The van der Waals surface area contributed by atoms with Gasteiger partial charge < -0.3 is 5.32 Å². The summed E-state index contributed by atoms with van der Waals surface area (Å²) < 4.78 is 14.0. The van der Waals surface area contributed by atoms with Gasteiger partial charge in [-0.25, -0.2) is 4.39 Å². The Labute approximate surface area is 118 Å². The van der Waals surface area contributed by atoms with E-state index in [1.807, 2.05) is 24.3 Å². The van der Waals surface area contributed by atoms with E-state index < -0.39 is 0 Å². The largest absolute Gasteiger partial charge is 0.322 e. The summed E-state index contributed by atoms with van der Waals surface area (Å²) in [6.07, 6.45) is 0. The molecule has 92 valence electrons. The van der Waals surface area contributed by atoms with E-state index in [0.29, 0.717) is 11.1 Å². The Balaban J connectivity index is 2.22. The third kappa shape index (κ3) is 3.07. The van der Waals surface area contributed by atoms with E-state index in [-0.39, 0.29) is 11.7 Å². The lowest BCUT2D eigenvalue weighted by Crippen LogP contribution is -2.13. The van der Waals surface area contributed by atoms with Gasteiger partial charge in [-0.2, -0.15) is 0 Å². The third-order valence-corrected chi connectivity index (χ3v) is 3.19. The molecule has 18 heavy (non-hydrogen) atoms. The van der Waals surface area contributed by atoms with Crippen molar-refractivity contribution in [1.82, 2.24) is 0 Å². The zero-order valence-corrected chi connectivity index (χ0v) is 11.9. The molecule has 0 radical (unpaired) electrons. The Bertz CT molecular complexity index is 598. The van der Waals surface area contributed by atoms with Gasteiger partial charge in [0.25, 0.3) is 5.91 Å². The van der Waals surface area contributed by atoms with E-state index in [1.54, 1.807) is 6.92 Å². The second-order valence-electron chi connectivity index (χ2n) is 3.92. The highest BCUT2D eigenvalue weighted by atomic mass is 127. The SMILES string of the molecule is Cc1cc(F)ccc1C(=O)Nc1cccc(I)c1. The fourth-order valence-electron chi connectivity index (χ4n) is 1.65. The minimum absolute atomic E-state index is 0.227. The lowest BCUT2D eigenvalue weighted by molar-refractivity contribution is 0.102. The summed E-state index contributed by atoms with van der Waals surface area (Å²) >= 11 is 2.18. The highest BCUT2D eigenvalue weighted by Gasteiger charge is 2.09. The maximum atomic E-state index is 13.0. The summed E-state index contributed by atoms with van der Waals surface area (Å²) in [5, 5.41) is 2.79. The van der Waals surface area contributed by atoms with Gasteiger partial charge in [0.1, 0.15) is 5.82 Å². The number of hydrogen-bond acceptors (Lipinski definition) is 1. The minimum Gasteiger partial charge on any atom is -0.322 e. The van der Waals surface area contributed by atoms with Crippen LogP contribution in [-0.4, -0.2) is 5.91 Å². The molecular weight excluding hydrogens is 344 g/mol. The fraction of sp³-hybridized carbons (Fsp3) is 0.0714. The topological polar surface area (TPSA) is 29.1 Å². The monoisotopic (exact) mass is 355 g/mol. The van der Waals surface area contributed by atoms with Crippen molar-refractivity contribution >= 4 is 34.2 Å². The highest BCUT2D eigenvalue weighted by molar-refractivity contribution is 14.1. The Morgan fingerprint density at radius 3 is 2.67 bits per heavy atom. The molecule has 2 aromatic carbocycles. The maximum absolute atomic E-state index is 13.0. The molecule has 2 aromatic rings. The van der Waals surface area contributed by atoms with Gasteiger partial charge in [-0.3, -0.25) is 4.79 Å². The molecule has 0 heterocycles. The second-order valence-corrected chi connectivity index (χ2v) is 5.17. The number of benzene rings is 2. The number of hydrogen-bond donors (Lipinski definition) is 1. The smallest absolute Gasteiger partial charge is 0.255 e. The van der Waals surface area contributed by atoms with Gasteiger partial charge in [0.05, 0.1) is 0 Å². The van der Waals surface area contributed by atoms with Gasteiger partial charge in [-0.15, -0.1) is 0 Å². The molecule has 1 N–H and O–H groups in total. The van der Waals surface area contributed by atoms with Crippen LogP contribution >= 0.6 is 22.6 Å². The van der Waals surface area contributed by atoms with Crippen LogP contribution in [0.15, 0.2) is 42.5 Å². The second kappa shape index (κ2) is 5.48. The number of carbonyl (C=O) groups excluding carboxylic acids is 1. The van der Waals surface area contributed by atoms with Crippen molar-refractivity contribution in [3.8, 4) is 0 Å². The summed E-state index contributed by atoms with van der Waals surface area (Å²) in [4.78, 5) is 12.0. The number of nitrogens with one attached hydrogen (secondary N) is 1. The van der Waals surface area contributed by atoms with Crippen LogP contribution in [-0.2, 0) is 0 Å². The minimum atomic E-state index is -0.335. The first-order valence-electron chi connectivity index (χ1n) is 5.39. The van der Waals surface area contributed by atoms with Gasteiger partial charge in [-0.05, 0) is 71.5 Å². The lowest BCUT2D eigenvalue weighted by atomic mass is 10.1. The molecular formula is C14H11FINO. The molecule has 1 amide bonds. The number of amides is 1. The predicted molar refractivity (Wildman–Crippen MR) is 78.2 cm³/mol. The van der Waals surface area contributed by atoms with Crippen molar-refractivity contribution in [3.05, 3.63) is 63.0 Å². The Kier molecular flexibility index (Phi) is 3.96. The molecule has 4 heteroatoms. The number of anilines is 1. The zero-order chi connectivity index (χ0) is 13.1. The van der Waals surface area contributed by atoms with Crippen LogP contribution in [0.25, 0.3) is 0 Å². The molecule has 0 saturated carbocycles. The summed E-state index contributed by atoms with van der Waals surface area (Å²) in [6, 6.07) is 11.6. The first kappa shape index (κ1) is 13.0. The van der Waals surface area contributed by atoms with Crippen LogP contribution in [0.4, 0.5) is 10.1 Å². The third-order valence-electron chi connectivity index (χ3n) is 2.52. The molecule has 2 rings (SSSR count). The van der Waals surface area contributed by atoms with Crippen LogP contribution in [0.5, 0.6) is 0 Å². The molecule has 0 aliphatic heterocycles. The number of carbonyl (C=O) groups is 1. The molecule has 0 spiro atoms. The van der Waals surface area contributed by atoms with Gasteiger partial charge in [-0.1, -0.05) is 6.07 Å². The Hall–Kier alpha value is -1.43. The standard InChI is InChI=1S/C14H11FINO/c1-9-7-10(15)5-6-13(9)14(18)17-12-4-2-3-11(16)8-12/h2-8H,1H3,(H,17,18). The Morgan fingerprint density at radius 1 is 1.22 bits per heavy atom. The molecule has 2 nitrogen and oxygen atoms in total. The molecule has 0 saturated heterocycles. The average molecular weight is 355 g/mol. The van der Waals surface area contributed by atoms with E-state index in [4.69, 9.17) is 0 Å². The quantitative estimate of drug-likeness (QED) is 0.811. The lowest BCUT2D eigenvalue weighted by Gasteiger charge is -2.08. The molecule has 0 aromatic heterocycles. The van der Waals surface area contributed by atoms with Crippen molar-refractivity contribution in [3.63, 3.8) is 0 Å². The van der Waals surface area contributed by atoms with Crippen LogP contribution < -0.4 is 5.32 Å². The highest BCUT2D eigenvalue weighted by Crippen LogP contribution is 2.16. The van der Waals surface area contributed by atoms with E-state index in [0.717, 1.165) is 9.26 Å². The average Bonchev–Trinajstić information content (AvgIpc) is 2.28. The van der Waals surface area contributed by atoms with Crippen LogP contribution in [0, 0.1) is 16.3 Å². The predicted octanol–water partition coefficient (Wildman–Crippen LogP) is 3.99. The van der Waals surface area contributed by atoms with E-state index in [9.17, 15) is 9.18 Å². The first-order valence-corrected chi connectivity index (χ1v) is 6.47. The Morgan fingerprint density at radius 2 is 2.00 bits per heavy atom. The molecule has 0 fully saturated rings. The van der Waals surface area contributed by atoms with Gasteiger partial charge >= 0.3 is 0 Å². The van der Waals surface area contributed by atoms with Gasteiger partial charge in [0, 0.05) is 14.8 Å². The van der Waals surface area contributed by atoms with E-state index >= 15 is 0 Å². The molecule has 0 unspecified atom stereocenters. The zero-order valence-electron chi connectivity index (χ0n) is 9.71. The molecule has 0 aliphatic carbocycles. The van der Waals surface area contributed by atoms with Crippen LogP contribution in [0.2, 0.25) is 0 Å². The molecule has 0 aliphatic rings. The van der Waals surface area contributed by atoms with Crippen molar-refractivity contribution in [1.29, 1.82) is 0 Å². The summed E-state index contributed by atoms with van der Waals surface area (Å²) in [7, 11) is 0. The number of aryl methyl sites for hydroxylation is 1. The van der Waals surface area contributed by atoms with Crippen LogP contribution in [0.3, 0.4) is 0 Å². The fourth-order valence-corrected chi connectivity index (χ4v) is 2.19. The van der Waals surface area contributed by atoms with Crippen molar-refractivity contribution < 1.29 is 9.18 Å². The molecule has 0 bridgehead atoms. The van der Waals surface area contributed by atoms with Crippen molar-refractivity contribution in [2.45, 2.75) is 6.92 Å². The van der Waals surface area contributed by atoms with E-state index in [2.05, 4.69) is 27.9 Å². The van der Waals surface area contributed by atoms with Gasteiger partial charge in [0.15, 0.2) is 0 Å². The summed E-state index contributed by atoms with van der Waals surface area (Å²) in [5.41, 5.74) is 1.84. The maximum Gasteiger partial charge on any atom is 0.255 e. The van der Waals surface area contributed by atoms with Crippen molar-refractivity contribution in [2.24, 2.45) is 0 Å². The van der Waals surface area contributed by atoms with Crippen molar-refractivity contribution in [2.75, 3.05) is 5.32 Å². The summed E-state index contributed by atoms with van der Waals surface area (Å²) in [6.45, 7) is 1.72. The van der Waals surface area contributed by atoms with E-state index in [1.165, 1.54) is 18.2 Å². The summed E-state index contributed by atoms with van der Waals surface area (Å²) in [5.74, 6) is -0.562. The normalized spacial score (nSPS) is 10.2. The number of halogens is 2. The van der Waals surface area contributed by atoms with Crippen LogP contribution in [0.1, 0.15) is 15.9 Å².